The van der Waals surface area contributed by atoms with E-state index in [4.69, 9.17) is 0 Å². The van der Waals surface area contributed by atoms with E-state index < -0.39 is 11.8 Å². The van der Waals surface area contributed by atoms with Gasteiger partial charge in [0.2, 0.25) is 5.83 Å². The Morgan fingerprint density at radius 1 is 1.53 bits per heavy atom. The van der Waals surface area contributed by atoms with Crippen LogP contribution in [-0.4, -0.2) is 18.8 Å². The molecule has 1 aromatic carbocycles. The molecule has 0 radical (unpaired) electrons. The van der Waals surface area contributed by atoms with Crippen molar-refractivity contribution >= 4 is 17.7 Å². The summed E-state index contributed by atoms with van der Waals surface area (Å²) in [5.41, 5.74) is 0.969. The highest BCUT2D eigenvalue weighted by molar-refractivity contribution is 7.98. The molecule has 0 aliphatic heterocycles. The summed E-state index contributed by atoms with van der Waals surface area (Å²) >= 11 is 1.63. The lowest BCUT2D eigenvalue weighted by atomic mass is 10.1. The van der Waals surface area contributed by atoms with Gasteiger partial charge < -0.3 is 4.74 Å². The maximum atomic E-state index is 13.2. The van der Waals surface area contributed by atoms with Crippen LogP contribution in [0.5, 0.6) is 0 Å². The van der Waals surface area contributed by atoms with Crippen LogP contribution < -0.4 is 0 Å². The summed E-state index contributed by atoms with van der Waals surface area (Å²) < 4.78 is 17.8. The van der Waals surface area contributed by atoms with E-state index in [0.29, 0.717) is 6.42 Å². The van der Waals surface area contributed by atoms with Gasteiger partial charge in [-0.2, -0.15) is 4.39 Å². The first kappa shape index (κ1) is 13.8. The number of carbonyl (C=O) groups excluding carboxylic acids is 1. The fraction of sp³-hybridized carbons (Fsp3) is 0.308. The van der Waals surface area contributed by atoms with E-state index in [0.717, 1.165) is 10.5 Å². The average molecular weight is 254 g/mol. The maximum absolute atomic E-state index is 13.2. The quantitative estimate of drug-likeness (QED) is 0.458. The number of thioether (sulfide) groups is 1. The standard InChI is InChI=1S/C13H15FO2S/c1-3-16-13(15)12(14)8-7-10-5-4-6-11(9-10)17-2/h4-6,8-9H,3,7H2,1-2H3/b12-8+. The molecule has 1 rings (SSSR count). The molecule has 17 heavy (non-hydrogen) atoms. The molecular formula is C13H15FO2S. The minimum absolute atomic E-state index is 0.183. The van der Waals surface area contributed by atoms with Gasteiger partial charge in [0, 0.05) is 4.90 Å². The third kappa shape index (κ3) is 4.61. The van der Waals surface area contributed by atoms with Gasteiger partial charge in [-0.1, -0.05) is 12.1 Å². The van der Waals surface area contributed by atoms with E-state index in [2.05, 4.69) is 4.74 Å². The Morgan fingerprint density at radius 3 is 2.94 bits per heavy atom. The van der Waals surface area contributed by atoms with Crippen LogP contribution in [0.25, 0.3) is 0 Å². The zero-order valence-electron chi connectivity index (χ0n) is 9.90. The minimum atomic E-state index is -0.895. The predicted octanol–water partition coefficient (Wildman–Crippen LogP) is 3.37. The lowest BCUT2D eigenvalue weighted by molar-refractivity contribution is -0.140. The number of hydrogen-bond acceptors (Lipinski definition) is 3. The predicted molar refractivity (Wildman–Crippen MR) is 67.8 cm³/mol. The van der Waals surface area contributed by atoms with Crippen molar-refractivity contribution in [2.75, 3.05) is 12.9 Å². The Bertz CT molecular complexity index is 416. The summed E-state index contributed by atoms with van der Waals surface area (Å²) in [6.45, 7) is 1.83. The Morgan fingerprint density at radius 2 is 2.29 bits per heavy atom. The monoisotopic (exact) mass is 254 g/mol. The van der Waals surface area contributed by atoms with Gasteiger partial charge in [0.05, 0.1) is 6.61 Å². The molecule has 0 saturated heterocycles. The normalized spacial score (nSPS) is 11.4. The number of benzene rings is 1. The first-order valence-corrected chi connectivity index (χ1v) is 6.55. The summed E-state index contributed by atoms with van der Waals surface area (Å²) in [4.78, 5) is 12.1. The van der Waals surface area contributed by atoms with E-state index in [1.807, 2.05) is 30.5 Å². The van der Waals surface area contributed by atoms with Gasteiger partial charge in [-0.25, -0.2) is 4.79 Å². The van der Waals surface area contributed by atoms with E-state index in [1.54, 1.807) is 18.7 Å². The van der Waals surface area contributed by atoms with Crippen molar-refractivity contribution in [3.63, 3.8) is 0 Å². The molecule has 0 amide bonds. The highest BCUT2D eigenvalue weighted by atomic mass is 32.2. The summed E-state index contributed by atoms with van der Waals surface area (Å²) in [6.07, 6.45) is 3.62. The number of rotatable bonds is 5. The van der Waals surface area contributed by atoms with Crippen LogP contribution in [0.4, 0.5) is 4.39 Å². The second kappa shape index (κ2) is 7.12. The molecule has 0 fully saturated rings. The number of ether oxygens (including phenoxy) is 1. The maximum Gasteiger partial charge on any atom is 0.366 e. The third-order valence-corrected chi connectivity index (χ3v) is 2.85. The molecule has 4 heteroatoms. The highest BCUT2D eigenvalue weighted by Gasteiger charge is 2.08. The molecule has 0 spiro atoms. The van der Waals surface area contributed by atoms with Gasteiger partial charge >= 0.3 is 5.97 Å². The fourth-order valence-corrected chi connectivity index (χ4v) is 1.77. The van der Waals surface area contributed by atoms with E-state index in [9.17, 15) is 9.18 Å². The van der Waals surface area contributed by atoms with Crippen molar-refractivity contribution in [2.24, 2.45) is 0 Å². The molecular weight excluding hydrogens is 239 g/mol. The van der Waals surface area contributed by atoms with E-state index in [1.165, 1.54) is 6.08 Å². The number of carbonyl (C=O) groups is 1. The topological polar surface area (TPSA) is 26.3 Å². The van der Waals surface area contributed by atoms with Crippen molar-refractivity contribution in [1.82, 2.24) is 0 Å². The molecule has 0 aliphatic rings. The average Bonchev–Trinajstić information content (AvgIpc) is 2.36. The molecule has 1 aromatic rings. The SMILES string of the molecule is CCOC(=O)/C(F)=C\Cc1cccc(SC)c1. The van der Waals surface area contributed by atoms with Crippen LogP contribution in [-0.2, 0) is 16.0 Å². The Hall–Kier alpha value is -1.29. The Balaban J connectivity index is 2.65. The van der Waals surface area contributed by atoms with Gasteiger partial charge in [0.25, 0.3) is 0 Å². The summed E-state index contributed by atoms with van der Waals surface area (Å²) in [6, 6.07) is 7.77. The second-order valence-corrected chi connectivity index (χ2v) is 4.21. The van der Waals surface area contributed by atoms with E-state index >= 15 is 0 Å². The number of halogens is 1. The Labute approximate surface area is 105 Å². The smallest absolute Gasteiger partial charge is 0.366 e. The van der Waals surface area contributed by atoms with Crippen molar-refractivity contribution in [3.8, 4) is 0 Å². The molecule has 0 aliphatic carbocycles. The first-order chi connectivity index (χ1) is 8.17. The zero-order chi connectivity index (χ0) is 12.7. The van der Waals surface area contributed by atoms with Crippen LogP contribution in [0, 0.1) is 0 Å². The largest absolute Gasteiger partial charge is 0.461 e. The van der Waals surface area contributed by atoms with Gasteiger partial charge in [0.1, 0.15) is 0 Å². The first-order valence-electron chi connectivity index (χ1n) is 5.33. The van der Waals surface area contributed by atoms with Crippen molar-refractivity contribution in [3.05, 3.63) is 41.7 Å². The number of hydrogen-bond donors (Lipinski definition) is 0. The number of allylic oxidation sites excluding steroid dienone is 1. The van der Waals surface area contributed by atoms with Gasteiger partial charge in [0.15, 0.2) is 0 Å². The van der Waals surface area contributed by atoms with Crippen LogP contribution in [0.2, 0.25) is 0 Å². The molecule has 92 valence electrons. The summed E-state index contributed by atoms with van der Waals surface area (Å²) in [5.74, 6) is -1.73. The van der Waals surface area contributed by atoms with Crippen molar-refractivity contribution in [2.45, 2.75) is 18.2 Å². The minimum Gasteiger partial charge on any atom is -0.461 e. The fourth-order valence-electron chi connectivity index (χ4n) is 1.29. The van der Waals surface area contributed by atoms with Crippen LogP contribution in [0.1, 0.15) is 12.5 Å². The van der Waals surface area contributed by atoms with Gasteiger partial charge in [-0.15, -0.1) is 11.8 Å². The second-order valence-electron chi connectivity index (χ2n) is 3.33. The Kier molecular flexibility index (Phi) is 5.77. The molecule has 0 heterocycles. The molecule has 0 saturated carbocycles. The van der Waals surface area contributed by atoms with Crippen LogP contribution in [0.15, 0.2) is 41.1 Å². The zero-order valence-corrected chi connectivity index (χ0v) is 10.7. The molecule has 0 N–H and O–H groups in total. The van der Waals surface area contributed by atoms with Crippen LogP contribution in [0.3, 0.4) is 0 Å². The number of esters is 1. The summed E-state index contributed by atoms with van der Waals surface area (Å²) in [7, 11) is 0. The molecule has 0 bridgehead atoms. The van der Waals surface area contributed by atoms with Crippen molar-refractivity contribution in [1.29, 1.82) is 0 Å². The van der Waals surface area contributed by atoms with E-state index in [-0.39, 0.29) is 6.61 Å². The van der Waals surface area contributed by atoms with Gasteiger partial charge in [-0.3, -0.25) is 0 Å². The lowest BCUT2D eigenvalue weighted by Crippen LogP contribution is -2.04. The third-order valence-electron chi connectivity index (χ3n) is 2.12. The van der Waals surface area contributed by atoms with Crippen molar-refractivity contribution < 1.29 is 13.9 Å². The highest BCUT2D eigenvalue weighted by Crippen LogP contribution is 2.16. The van der Waals surface area contributed by atoms with Gasteiger partial charge in [-0.05, 0) is 43.4 Å². The summed E-state index contributed by atoms with van der Waals surface area (Å²) in [5, 5.41) is 0. The lowest BCUT2D eigenvalue weighted by Gasteiger charge is -2.01. The van der Waals surface area contributed by atoms with Crippen LogP contribution >= 0.6 is 11.8 Å². The molecule has 0 atom stereocenters. The molecule has 2 nitrogen and oxygen atoms in total. The molecule has 0 unspecified atom stereocenters. The molecule has 0 aromatic heterocycles.